The Kier molecular flexibility index (Phi) is 4.06. The molecule has 2 atom stereocenters. The van der Waals surface area contributed by atoms with Gasteiger partial charge < -0.3 is 9.31 Å². The average Bonchev–Trinajstić information content (AvgIpc) is 2.37. The van der Waals surface area contributed by atoms with Gasteiger partial charge in [0.2, 0.25) is 0 Å². The van der Waals surface area contributed by atoms with Crippen molar-refractivity contribution in [3.63, 3.8) is 0 Å². The molecule has 17 heavy (non-hydrogen) atoms. The van der Waals surface area contributed by atoms with Gasteiger partial charge in [-0.2, -0.15) is 0 Å². The van der Waals surface area contributed by atoms with Crippen LogP contribution < -0.4 is 0 Å². The van der Waals surface area contributed by atoms with Crippen LogP contribution >= 0.6 is 0 Å². The Morgan fingerprint density at radius 1 is 1.12 bits per heavy atom. The van der Waals surface area contributed by atoms with E-state index in [2.05, 4.69) is 55.4 Å². The highest BCUT2D eigenvalue weighted by Crippen LogP contribution is 2.47. The van der Waals surface area contributed by atoms with Gasteiger partial charge in [-0.1, -0.05) is 41.0 Å². The molecular weight excluding hydrogens is 211 g/mol. The molecule has 2 nitrogen and oxygen atoms in total. The second-order valence-electron chi connectivity index (χ2n) is 7.39. The summed E-state index contributed by atoms with van der Waals surface area (Å²) in [7, 11) is -0.105. The van der Waals surface area contributed by atoms with Crippen LogP contribution in [0.4, 0.5) is 0 Å². The summed E-state index contributed by atoms with van der Waals surface area (Å²) >= 11 is 0. The first-order valence-electron chi connectivity index (χ1n) is 6.87. The molecule has 0 radical (unpaired) electrons. The summed E-state index contributed by atoms with van der Waals surface area (Å²) in [6.45, 7) is 17.5. The lowest BCUT2D eigenvalue weighted by atomic mass is 9.61. The van der Waals surface area contributed by atoms with Crippen molar-refractivity contribution < 1.29 is 9.31 Å². The summed E-state index contributed by atoms with van der Waals surface area (Å²) in [5, 5.41) is 0.0322. The molecule has 0 spiro atoms. The second kappa shape index (κ2) is 4.58. The van der Waals surface area contributed by atoms with E-state index in [1.165, 1.54) is 6.42 Å². The summed E-state index contributed by atoms with van der Waals surface area (Å²) in [6.07, 6.45) is 2.25. The van der Waals surface area contributed by atoms with Gasteiger partial charge in [-0.15, -0.1) is 0 Å². The lowest BCUT2D eigenvalue weighted by molar-refractivity contribution is -0.0257. The zero-order chi connectivity index (χ0) is 13.5. The first kappa shape index (κ1) is 15.0. The van der Waals surface area contributed by atoms with Crippen LogP contribution in [0.5, 0.6) is 0 Å². The molecule has 0 N–H and O–H groups in total. The summed E-state index contributed by atoms with van der Waals surface area (Å²) in [5.41, 5.74) is -0.394. The number of hydrogen-bond acceptors (Lipinski definition) is 2. The predicted octanol–water partition coefficient (Wildman–Crippen LogP) is 4.30. The molecule has 0 bridgehead atoms. The minimum Gasteiger partial charge on any atom is -0.403 e. The van der Waals surface area contributed by atoms with E-state index in [-0.39, 0.29) is 23.6 Å². The Hall–Kier alpha value is -0.0151. The third kappa shape index (κ3) is 3.06. The topological polar surface area (TPSA) is 18.5 Å². The second-order valence-corrected chi connectivity index (χ2v) is 7.39. The SMILES string of the molecule is CCC(C)CC1(C)OB(C(C)(C)C)OC1(C)C. The van der Waals surface area contributed by atoms with Gasteiger partial charge >= 0.3 is 7.12 Å². The van der Waals surface area contributed by atoms with E-state index in [9.17, 15) is 0 Å². The largest absolute Gasteiger partial charge is 0.463 e. The van der Waals surface area contributed by atoms with Gasteiger partial charge in [-0.25, -0.2) is 0 Å². The van der Waals surface area contributed by atoms with E-state index in [1.807, 2.05) is 0 Å². The molecule has 1 rings (SSSR count). The van der Waals surface area contributed by atoms with Crippen molar-refractivity contribution in [1.29, 1.82) is 0 Å². The van der Waals surface area contributed by atoms with Crippen molar-refractivity contribution in [2.45, 2.75) is 84.7 Å². The average molecular weight is 240 g/mol. The van der Waals surface area contributed by atoms with Crippen LogP contribution in [0.3, 0.4) is 0 Å². The van der Waals surface area contributed by atoms with Crippen LogP contribution in [0.1, 0.15) is 68.2 Å². The monoisotopic (exact) mass is 240 g/mol. The zero-order valence-corrected chi connectivity index (χ0v) is 12.9. The highest BCUT2D eigenvalue weighted by molar-refractivity contribution is 6.49. The summed E-state index contributed by atoms with van der Waals surface area (Å²) in [5.74, 6) is 0.668. The Bertz CT molecular complexity index is 270. The molecule has 100 valence electrons. The maximum Gasteiger partial charge on any atom is 0.463 e. The fourth-order valence-electron chi connectivity index (χ4n) is 2.25. The van der Waals surface area contributed by atoms with Gasteiger partial charge in [0.25, 0.3) is 0 Å². The van der Waals surface area contributed by atoms with Gasteiger partial charge in [0.05, 0.1) is 11.2 Å². The van der Waals surface area contributed by atoms with Gasteiger partial charge in [-0.3, -0.25) is 0 Å². The van der Waals surface area contributed by atoms with Crippen molar-refractivity contribution >= 4 is 7.12 Å². The Morgan fingerprint density at radius 2 is 1.65 bits per heavy atom. The van der Waals surface area contributed by atoms with E-state index in [1.54, 1.807) is 0 Å². The molecule has 2 unspecified atom stereocenters. The normalized spacial score (nSPS) is 30.7. The molecule has 1 heterocycles. The zero-order valence-electron chi connectivity index (χ0n) is 12.9. The van der Waals surface area contributed by atoms with Crippen molar-refractivity contribution in [2.75, 3.05) is 0 Å². The van der Waals surface area contributed by atoms with E-state index in [0.29, 0.717) is 5.92 Å². The van der Waals surface area contributed by atoms with Crippen LogP contribution in [0.15, 0.2) is 0 Å². The van der Waals surface area contributed by atoms with Crippen LogP contribution in [0.2, 0.25) is 5.31 Å². The van der Waals surface area contributed by atoms with Gasteiger partial charge in [0, 0.05) is 0 Å². The summed E-state index contributed by atoms with van der Waals surface area (Å²) in [4.78, 5) is 0. The smallest absolute Gasteiger partial charge is 0.403 e. The highest BCUT2D eigenvalue weighted by Gasteiger charge is 2.57. The molecule has 1 aliphatic rings. The van der Waals surface area contributed by atoms with Crippen LogP contribution in [0, 0.1) is 5.92 Å². The lowest BCUT2D eigenvalue weighted by Gasteiger charge is -2.38. The summed E-state index contributed by atoms with van der Waals surface area (Å²) < 4.78 is 12.4. The van der Waals surface area contributed by atoms with Crippen molar-refractivity contribution in [3.05, 3.63) is 0 Å². The molecule has 0 aliphatic carbocycles. The predicted molar refractivity (Wildman–Crippen MR) is 74.2 cm³/mol. The molecule has 1 saturated heterocycles. The number of rotatable bonds is 3. The Labute approximate surface area is 108 Å². The van der Waals surface area contributed by atoms with Crippen molar-refractivity contribution in [3.8, 4) is 0 Å². The molecule has 0 amide bonds. The van der Waals surface area contributed by atoms with Crippen LogP contribution in [0.25, 0.3) is 0 Å². The molecular formula is C14H29BO2. The Morgan fingerprint density at radius 3 is 2.00 bits per heavy atom. The first-order valence-corrected chi connectivity index (χ1v) is 6.87. The summed E-state index contributed by atoms with van der Waals surface area (Å²) in [6, 6.07) is 0. The van der Waals surface area contributed by atoms with E-state index in [4.69, 9.17) is 9.31 Å². The van der Waals surface area contributed by atoms with E-state index >= 15 is 0 Å². The first-order chi connectivity index (χ1) is 7.52. The van der Waals surface area contributed by atoms with Gasteiger partial charge in [0.15, 0.2) is 0 Å². The quantitative estimate of drug-likeness (QED) is 0.685. The fourth-order valence-corrected chi connectivity index (χ4v) is 2.25. The maximum atomic E-state index is 6.28. The third-order valence-corrected chi connectivity index (χ3v) is 4.18. The van der Waals surface area contributed by atoms with E-state index in [0.717, 1.165) is 6.42 Å². The molecule has 1 aliphatic heterocycles. The number of hydrogen-bond donors (Lipinski definition) is 0. The molecule has 3 heteroatoms. The maximum absolute atomic E-state index is 6.28. The minimum absolute atomic E-state index is 0.0322. The van der Waals surface area contributed by atoms with E-state index < -0.39 is 0 Å². The van der Waals surface area contributed by atoms with Gasteiger partial charge in [0.1, 0.15) is 0 Å². The van der Waals surface area contributed by atoms with Gasteiger partial charge in [-0.05, 0) is 38.4 Å². The fraction of sp³-hybridized carbons (Fsp3) is 1.00. The van der Waals surface area contributed by atoms with Crippen LogP contribution in [-0.4, -0.2) is 18.3 Å². The Balaban J connectivity index is 2.86. The molecule has 0 aromatic heterocycles. The van der Waals surface area contributed by atoms with Crippen LogP contribution in [-0.2, 0) is 9.31 Å². The molecule has 0 aromatic carbocycles. The standard InChI is InChI=1S/C14H29BO2/c1-9-11(2)10-14(8)13(6,7)16-15(17-14)12(3,4)5/h11H,9-10H2,1-8H3. The lowest BCUT2D eigenvalue weighted by Crippen LogP contribution is -2.45. The van der Waals surface area contributed by atoms with Crippen molar-refractivity contribution in [2.24, 2.45) is 5.92 Å². The van der Waals surface area contributed by atoms with Crippen molar-refractivity contribution in [1.82, 2.24) is 0 Å². The molecule has 1 fully saturated rings. The minimum atomic E-state index is -0.214. The highest BCUT2D eigenvalue weighted by atomic mass is 16.7. The molecule has 0 saturated carbocycles. The third-order valence-electron chi connectivity index (χ3n) is 4.18. The molecule has 0 aromatic rings.